The van der Waals surface area contributed by atoms with Crippen LogP contribution in [0.3, 0.4) is 0 Å². The molecule has 0 radical (unpaired) electrons. The Morgan fingerprint density at radius 3 is 2.19 bits per heavy atom. The van der Waals surface area contributed by atoms with E-state index in [1.165, 1.54) is 17.7 Å². The molecule has 0 unspecified atom stereocenters. The number of hydrogen-bond acceptors (Lipinski definition) is 4. The van der Waals surface area contributed by atoms with E-state index in [-0.39, 0.29) is 10.7 Å². The number of fused-ring (bicyclic) bond motifs is 1. The predicted molar refractivity (Wildman–Crippen MR) is 127 cm³/mol. The molecule has 1 aliphatic heterocycles. The largest absolute Gasteiger partial charge is 0.377 e. The topological polar surface area (TPSA) is 40.6 Å². The number of hydrogen-bond donors (Lipinski definition) is 0. The molecule has 0 amide bonds. The van der Waals surface area contributed by atoms with E-state index in [0.717, 1.165) is 48.3 Å². The molecular weight excluding hydrogens is 423 g/mol. The fourth-order valence-electron chi connectivity index (χ4n) is 4.21. The Labute approximate surface area is 190 Å². The SMILES string of the molecule is CN1CCc2cc(N(C)C)c(S(=O)(=O)c3ccc(Cc4cccc(F)c4)cc3)cc2CC1. The zero-order chi connectivity index (χ0) is 22.9. The summed E-state index contributed by atoms with van der Waals surface area (Å²) in [5.41, 5.74) is 4.85. The molecular formula is C26H29FN2O2S. The molecule has 168 valence electrons. The van der Waals surface area contributed by atoms with E-state index in [1.54, 1.807) is 18.2 Å². The zero-order valence-electron chi connectivity index (χ0n) is 18.8. The third-order valence-corrected chi connectivity index (χ3v) is 7.91. The highest BCUT2D eigenvalue weighted by atomic mass is 32.2. The van der Waals surface area contributed by atoms with Crippen LogP contribution in [-0.2, 0) is 29.1 Å². The highest BCUT2D eigenvalue weighted by Crippen LogP contribution is 2.33. The van der Waals surface area contributed by atoms with E-state index >= 15 is 0 Å². The van der Waals surface area contributed by atoms with Crippen molar-refractivity contribution in [3.63, 3.8) is 0 Å². The number of rotatable bonds is 5. The van der Waals surface area contributed by atoms with Crippen LogP contribution < -0.4 is 4.90 Å². The van der Waals surface area contributed by atoms with Crippen LogP contribution in [0.1, 0.15) is 22.3 Å². The molecule has 0 aromatic heterocycles. The van der Waals surface area contributed by atoms with Gasteiger partial charge in [0.15, 0.2) is 0 Å². The van der Waals surface area contributed by atoms with Crippen LogP contribution in [0.15, 0.2) is 70.5 Å². The van der Waals surface area contributed by atoms with Gasteiger partial charge in [-0.15, -0.1) is 0 Å². The summed E-state index contributed by atoms with van der Waals surface area (Å²) in [4.78, 5) is 4.78. The molecule has 3 aromatic rings. The first kappa shape index (κ1) is 22.5. The standard InChI is InChI=1S/C26H29FN2O2S/c1-28(2)25-17-21-11-13-29(3)14-12-22(21)18-26(25)32(30,31)24-9-7-19(8-10-24)15-20-5-4-6-23(27)16-20/h4-10,16-18H,11-15H2,1-3H3. The average molecular weight is 453 g/mol. The van der Waals surface area contributed by atoms with Crippen molar-refractivity contribution in [3.8, 4) is 0 Å². The van der Waals surface area contributed by atoms with Crippen LogP contribution in [0.4, 0.5) is 10.1 Å². The lowest BCUT2D eigenvalue weighted by Gasteiger charge is -2.21. The number of nitrogens with zero attached hydrogens (tertiary/aromatic N) is 2. The monoisotopic (exact) mass is 452 g/mol. The lowest BCUT2D eigenvalue weighted by atomic mass is 10.0. The summed E-state index contributed by atoms with van der Waals surface area (Å²) in [6.07, 6.45) is 2.31. The lowest BCUT2D eigenvalue weighted by Crippen LogP contribution is -2.20. The minimum Gasteiger partial charge on any atom is -0.377 e. The molecule has 0 N–H and O–H groups in total. The Kier molecular flexibility index (Phi) is 6.35. The molecule has 1 heterocycles. The van der Waals surface area contributed by atoms with E-state index in [1.807, 2.05) is 49.3 Å². The van der Waals surface area contributed by atoms with Crippen LogP contribution in [0.25, 0.3) is 0 Å². The van der Waals surface area contributed by atoms with Gasteiger partial charge in [-0.2, -0.15) is 0 Å². The van der Waals surface area contributed by atoms with Gasteiger partial charge < -0.3 is 9.80 Å². The van der Waals surface area contributed by atoms with Crippen molar-refractivity contribution in [1.82, 2.24) is 4.90 Å². The predicted octanol–water partition coefficient (Wildman–Crippen LogP) is 4.35. The Balaban J connectivity index is 1.68. The second kappa shape index (κ2) is 9.04. The van der Waals surface area contributed by atoms with E-state index in [9.17, 15) is 12.8 Å². The lowest BCUT2D eigenvalue weighted by molar-refractivity contribution is 0.352. The zero-order valence-corrected chi connectivity index (χ0v) is 19.6. The molecule has 0 aliphatic carbocycles. The van der Waals surface area contributed by atoms with Crippen LogP contribution >= 0.6 is 0 Å². The molecule has 32 heavy (non-hydrogen) atoms. The van der Waals surface area contributed by atoms with Crippen molar-refractivity contribution >= 4 is 15.5 Å². The highest BCUT2D eigenvalue weighted by molar-refractivity contribution is 7.91. The first-order valence-corrected chi connectivity index (χ1v) is 12.3. The number of halogens is 1. The van der Waals surface area contributed by atoms with Gasteiger partial charge in [0.2, 0.25) is 9.84 Å². The van der Waals surface area contributed by atoms with Crippen molar-refractivity contribution < 1.29 is 12.8 Å². The van der Waals surface area contributed by atoms with Gasteiger partial charge in [-0.05, 0) is 85.0 Å². The van der Waals surface area contributed by atoms with E-state index in [0.29, 0.717) is 11.3 Å². The van der Waals surface area contributed by atoms with Gasteiger partial charge in [0.1, 0.15) is 5.82 Å². The number of sulfone groups is 1. The molecule has 0 bridgehead atoms. The van der Waals surface area contributed by atoms with E-state index < -0.39 is 9.84 Å². The molecule has 0 spiro atoms. The molecule has 3 aromatic carbocycles. The molecule has 6 heteroatoms. The highest BCUT2D eigenvalue weighted by Gasteiger charge is 2.25. The normalized spacial score (nSPS) is 14.6. The Morgan fingerprint density at radius 1 is 0.906 bits per heavy atom. The van der Waals surface area contributed by atoms with Gasteiger partial charge in [0.25, 0.3) is 0 Å². The van der Waals surface area contributed by atoms with Gasteiger partial charge in [-0.1, -0.05) is 24.3 Å². The van der Waals surface area contributed by atoms with E-state index in [4.69, 9.17) is 0 Å². The van der Waals surface area contributed by atoms with Crippen molar-refractivity contribution in [2.45, 2.75) is 29.1 Å². The van der Waals surface area contributed by atoms with Crippen LogP contribution in [0.2, 0.25) is 0 Å². The Hall–Kier alpha value is -2.70. The second-order valence-electron chi connectivity index (χ2n) is 8.74. The average Bonchev–Trinajstić information content (AvgIpc) is 2.94. The second-order valence-corrected chi connectivity index (χ2v) is 10.7. The molecule has 0 saturated carbocycles. The summed E-state index contributed by atoms with van der Waals surface area (Å²) in [6, 6.07) is 17.3. The number of anilines is 1. The van der Waals surface area contributed by atoms with Gasteiger partial charge in [-0.25, -0.2) is 12.8 Å². The summed E-state index contributed by atoms with van der Waals surface area (Å²) in [7, 11) is 2.18. The number of benzene rings is 3. The quantitative estimate of drug-likeness (QED) is 0.577. The van der Waals surface area contributed by atoms with Crippen LogP contribution in [-0.4, -0.2) is 47.6 Å². The van der Waals surface area contributed by atoms with Crippen LogP contribution in [0.5, 0.6) is 0 Å². The van der Waals surface area contributed by atoms with Gasteiger partial charge >= 0.3 is 0 Å². The van der Waals surface area contributed by atoms with Crippen LogP contribution in [0, 0.1) is 5.82 Å². The Bertz CT molecular complexity index is 1220. The van der Waals surface area contributed by atoms with E-state index in [2.05, 4.69) is 11.9 Å². The third kappa shape index (κ3) is 4.71. The maximum atomic E-state index is 13.6. The fraction of sp³-hybridized carbons (Fsp3) is 0.308. The summed E-state index contributed by atoms with van der Waals surface area (Å²) in [5, 5.41) is 0. The van der Waals surface area contributed by atoms with Crippen molar-refractivity contribution in [1.29, 1.82) is 0 Å². The maximum Gasteiger partial charge on any atom is 0.208 e. The first-order valence-electron chi connectivity index (χ1n) is 10.8. The third-order valence-electron chi connectivity index (χ3n) is 6.11. The molecule has 4 rings (SSSR count). The minimum atomic E-state index is -3.69. The van der Waals surface area contributed by atoms with Crippen molar-refractivity contribution in [2.24, 2.45) is 0 Å². The molecule has 0 saturated heterocycles. The summed E-state index contributed by atoms with van der Waals surface area (Å²) in [6.45, 7) is 1.89. The smallest absolute Gasteiger partial charge is 0.208 e. The fourth-order valence-corrected chi connectivity index (χ4v) is 5.78. The molecule has 1 aliphatic rings. The van der Waals surface area contributed by atoms with Gasteiger partial charge in [0, 0.05) is 27.2 Å². The molecule has 0 fully saturated rings. The van der Waals surface area contributed by atoms with Crippen molar-refractivity contribution in [2.75, 3.05) is 39.1 Å². The summed E-state index contributed by atoms with van der Waals surface area (Å²) >= 11 is 0. The summed E-state index contributed by atoms with van der Waals surface area (Å²) < 4.78 is 40.7. The van der Waals surface area contributed by atoms with Gasteiger partial charge in [0.05, 0.1) is 15.5 Å². The maximum absolute atomic E-state index is 13.6. The van der Waals surface area contributed by atoms with Crippen molar-refractivity contribution in [3.05, 3.63) is 88.7 Å². The number of likely N-dealkylation sites (N-methyl/N-ethyl adjacent to an activating group) is 1. The van der Waals surface area contributed by atoms with Gasteiger partial charge in [-0.3, -0.25) is 0 Å². The molecule has 4 nitrogen and oxygen atoms in total. The first-order chi connectivity index (χ1) is 15.2. The molecule has 0 atom stereocenters. The Morgan fingerprint density at radius 2 is 1.56 bits per heavy atom. The summed E-state index contributed by atoms with van der Waals surface area (Å²) in [5.74, 6) is -0.271. The minimum absolute atomic E-state index is 0.271.